The maximum Gasteiger partial charge on any atom is 0.326 e. The Morgan fingerprint density at radius 2 is 1.93 bits per heavy atom. The smallest absolute Gasteiger partial charge is 0.326 e. The van der Waals surface area contributed by atoms with Crippen LogP contribution in [0.5, 0.6) is 0 Å². The number of carbonyl (C=O) groups is 4. The van der Waals surface area contributed by atoms with E-state index in [-0.39, 0.29) is 25.5 Å². The molecule has 1 heterocycles. The average molecular weight is 399 g/mol. The van der Waals surface area contributed by atoms with E-state index < -0.39 is 41.8 Å². The topological polar surface area (TPSA) is 206 Å². The molecular formula is C16H29N7O5. The molecule has 9 N–H and O–H groups in total. The van der Waals surface area contributed by atoms with Crippen LogP contribution in [-0.4, -0.2) is 77.4 Å². The zero-order valence-corrected chi connectivity index (χ0v) is 15.9. The van der Waals surface area contributed by atoms with Gasteiger partial charge in [0.05, 0.1) is 6.54 Å². The SMILES string of the molecule is CC(NC(=O)C(CCCN=C(N)N)NC(=O)CN)C(=O)N1CCCC1C(=O)O. The summed E-state index contributed by atoms with van der Waals surface area (Å²) in [5.74, 6) is -2.73. The number of nitrogens with two attached hydrogens (primary N) is 3. The van der Waals surface area contributed by atoms with Gasteiger partial charge >= 0.3 is 5.97 Å². The van der Waals surface area contributed by atoms with Gasteiger partial charge in [0, 0.05) is 13.1 Å². The average Bonchev–Trinajstić information content (AvgIpc) is 3.12. The minimum atomic E-state index is -1.07. The van der Waals surface area contributed by atoms with Gasteiger partial charge in [-0.15, -0.1) is 0 Å². The molecule has 0 saturated carbocycles. The zero-order chi connectivity index (χ0) is 21.3. The summed E-state index contributed by atoms with van der Waals surface area (Å²) in [6.07, 6.45) is 1.61. The van der Waals surface area contributed by atoms with E-state index in [1.165, 1.54) is 11.8 Å². The van der Waals surface area contributed by atoms with Crippen molar-refractivity contribution in [3.63, 3.8) is 0 Å². The number of aliphatic imine (C=N–C) groups is 1. The van der Waals surface area contributed by atoms with Gasteiger partial charge in [-0.3, -0.25) is 19.4 Å². The van der Waals surface area contributed by atoms with Gasteiger partial charge in [0.1, 0.15) is 18.1 Å². The predicted octanol–water partition coefficient (Wildman–Crippen LogP) is -2.94. The molecule has 3 amide bonds. The number of hydrogen-bond acceptors (Lipinski definition) is 6. The maximum atomic E-state index is 12.5. The molecule has 0 aliphatic carbocycles. The van der Waals surface area contributed by atoms with Crippen molar-refractivity contribution in [2.75, 3.05) is 19.6 Å². The summed E-state index contributed by atoms with van der Waals surface area (Å²) >= 11 is 0. The van der Waals surface area contributed by atoms with Crippen molar-refractivity contribution >= 4 is 29.7 Å². The van der Waals surface area contributed by atoms with Crippen molar-refractivity contribution in [1.82, 2.24) is 15.5 Å². The highest BCUT2D eigenvalue weighted by Crippen LogP contribution is 2.18. The van der Waals surface area contributed by atoms with Gasteiger partial charge in [0.25, 0.3) is 0 Å². The Morgan fingerprint density at radius 1 is 1.25 bits per heavy atom. The number of guanidine groups is 1. The lowest BCUT2D eigenvalue weighted by atomic mass is 10.1. The van der Waals surface area contributed by atoms with Crippen LogP contribution in [0.3, 0.4) is 0 Å². The largest absolute Gasteiger partial charge is 0.480 e. The Bertz CT molecular complexity index is 621. The number of amides is 3. The summed E-state index contributed by atoms with van der Waals surface area (Å²) in [5.41, 5.74) is 15.8. The standard InChI is InChI=1S/C16H29N7O5/c1-9(14(26)23-7-3-5-11(23)15(27)28)21-13(25)10(22-12(24)8-17)4-2-6-20-16(18)19/h9-11H,2-8,17H2,1H3,(H,21,25)(H,22,24)(H,27,28)(H4,18,19,20). The van der Waals surface area contributed by atoms with Crippen LogP contribution in [-0.2, 0) is 19.2 Å². The molecule has 0 radical (unpaired) electrons. The summed E-state index contributed by atoms with van der Waals surface area (Å²) in [4.78, 5) is 53.0. The number of aliphatic carboxylic acids is 1. The first-order chi connectivity index (χ1) is 13.2. The number of nitrogens with one attached hydrogen (secondary N) is 2. The maximum absolute atomic E-state index is 12.5. The van der Waals surface area contributed by atoms with Crippen LogP contribution < -0.4 is 27.8 Å². The van der Waals surface area contributed by atoms with Gasteiger partial charge in [0.2, 0.25) is 17.7 Å². The van der Waals surface area contributed by atoms with Crippen molar-refractivity contribution in [2.24, 2.45) is 22.2 Å². The molecule has 158 valence electrons. The molecule has 1 saturated heterocycles. The highest BCUT2D eigenvalue weighted by molar-refractivity contribution is 5.93. The Kier molecular flexibility index (Phi) is 9.15. The summed E-state index contributed by atoms with van der Waals surface area (Å²) < 4.78 is 0. The Morgan fingerprint density at radius 3 is 2.50 bits per heavy atom. The van der Waals surface area contributed by atoms with Crippen molar-refractivity contribution in [2.45, 2.75) is 50.7 Å². The van der Waals surface area contributed by atoms with Crippen LogP contribution >= 0.6 is 0 Å². The summed E-state index contributed by atoms with van der Waals surface area (Å²) in [7, 11) is 0. The fourth-order valence-electron chi connectivity index (χ4n) is 2.94. The van der Waals surface area contributed by atoms with E-state index in [0.717, 1.165) is 0 Å². The van der Waals surface area contributed by atoms with E-state index in [2.05, 4.69) is 15.6 Å². The second kappa shape index (κ2) is 11.1. The molecule has 1 aliphatic heterocycles. The van der Waals surface area contributed by atoms with Crippen molar-refractivity contribution in [3.8, 4) is 0 Å². The summed E-state index contributed by atoms with van der Waals surface area (Å²) in [6.45, 7) is 1.77. The highest BCUT2D eigenvalue weighted by Gasteiger charge is 2.36. The third-order valence-electron chi connectivity index (χ3n) is 4.33. The van der Waals surface area contributed by atoms with Crippen LogP contribution in [0.15, 0.2) is 4.99 Å². The fraction of sp³-hybridized carbons (Fsp3) is 0.688. The van der Waals surface area contributed by atoms with Gasteiger partial charge in [-0.2, -0.15) is 0 Å². The Balaban J connectivity index is 2.70. The minimum absolute atomic E-state index is 0.0789. The normalized spacial score (nSPS) is 18.1. The fourth-order valence-corrected chi connectivity index (χ4v) is 2.94. The second-order valence-electron chi connectivity index (χ2n) is 6.53. The Labute approximate surface area is 162 Å². The lowest BCUT2D eigenvalue weighted by Crippen LogP contribution is -2.55. The number of hydrogen-bond donors (Lipinski definition) is 6. The molecule has 0 spiro atoms. The summed E-state index contributed by atoms with van der Waals surface area (Å²) in [6, 6.07) is -2.75. The van der Waals surface area contributed by atoms with E-state index in [0.29, 0.717) is 25.8 Å². The van der Waals surface area contributed by atoms with Crippen molar-refractivity contribution < 1.29 is 24.3 Å². The van der Waals surface area contributed by atoms with E-state index in [4.69, 9.17) is 17.2 Å². The molecule has 0 aromatic heterocycles. The first-order valence-electron chi connectivity index (χ1n) is 9.05. The number of carboxylic acid groups (broad SMARTS) is 1. The van der Waals surface area contributed by atoms with Gasteiger partial charge in [-0.05, 0) is 32.6 Å². The van der Waals surface area contributed by atoms with Crippen LogP contribution in [0, 0.1) is 0 Å². The summed E-state index contributed by atoms with van der Waals surface area (Å²) in [5, 5.41) is 14.2. The monoisotopic (exact) mass is 399 g/mol. The molecule has 0 aromatic rings. The number of carboxylic acids is 1. The molecular weight excluding hydrogens is 370 g/mol. The van der Waals surface area contributed by atoms with Crippen LogP contribution in [0.25, 0.3) is 0 Å². The molecule has 12 nitrogen and oxygen atoms in total. The van der Waals surface area contributed by atoms with E-state index in [9.17, 15) is 24.3 Å². The number of rotatable bonds is 10. The van der Waals surface area contributed by atoms with Gasteiger partial charge in [-0.25, -0.2) is 4.79 Å². The minimum Gasteiger partial charge on any atom is -0.480 e. The molecule has 1 rings (SSSR count). The molecule has 3 atom stereocenters. The Hall–Kier alpha value is -2.89. The number of carbonyl (C=O) groups excluding carboxylic acids is 3. The molecule has 28 heavy (non-hydrogen) atoms. The van der Waals surface area contributed by atoms with Crippen molar-refractivity contribution in [1.29, 1.82) is 0 Å². The third-order valence-corrected chi connectivity index (χ3v) is 4.33. The van der Waals surface area contributed by atoms with Crippen LogP contribution in [0.4, 0.5) is 0 Å². The van der Waals surface area contributed by atoms with Crippen molar-refractivity contribution in [3.05, 3.63) is 0 Å². The lowest BCUT2D eigenvalue weighted by Gasteiger charge is -2.26. The van der Waals surface area contributed by atoms with E-state index in [1.807, 2.05) is 0 Å². The van der Waals surface area contributed by atoms with Gasteiger partial charge in [-0.1, -0.05) is 0 Å². The highest BCUT2D eigenvalue weighted by atomic mass is 16.4. The number of likely N-dealkylation sites (tertiary alicyclic amines) is 1. The van der Waals surface area contributed by atoms with Crippen LogP contribution in [0.1, 0.15) is 32.6 Å². The zero-order valence-electron chi connectivity index (χ0n) is 15.9. The predicted molar refractivity (Wildman–Crippen MR) is 101 cm³/mol. The second-order valence-corrected chi connectivity index (χ2v) is 6.53. The molecule has 1 fully saturated rings. The molecule has 0 aromatic carbocycles. The molecule has 0 bridgehead atoms. The molecule has 3 unspecified atom stereocenters. The van der Waals surface area contributed by atoms with Gasteiger partial charge in [0.15, 0.2) is 5.96 Å². The first kappa shape index (κ1) is 23.1. The van der Waals surface area contributed by atoms with E-state index >= 15 is 0 Å². The quantitative estimate of drug-likeness (QED) is 0.127. The van der Waals surface area contributed by atoms with Crippen LogP contribution in [0.2, 0.25) is 0 Å². The van der Waals surface area contributed by atoms with Gasteiger partial charge < -0.3 is 37.8 Å². The molecule has 12 heteroatoms. The van der Waals surface area contributed by atoms with E-state index in [1.54, 1.807) is 0 Å². The first-order valence-corrected chi connectivity index (χ1v) is 9.05. The third kappa shape index (κ3) is 7.02. The lowest BCUT2D eigenvalue weighted by molar-refractivity contribution is -0.149. The number of nitrogens with zero attached hydrogens (tertiary/aromatic N) is 2. The molecule has 1 aliphatic rings.